The van der Waals surface area contributed by atoms with Crippen molar-refractivity contribution in [3.63, 3.8) is 0 Å². The van der Waals surface area contributed by atoms with Gasteiger partial charge in [-0.25, -0.2) is 4.79 Å². The average Bonchev–Trinajstić information content (AvgIpc) is 2.58. The maximum absolute atomic E-state index is 12.2. The lowest BCUT2D eigenvalue weighted by atomic mass is 9.86. The number of amides is 2. The Morgan fingerprint density at radius 1 is 1.28 bits per heavy atom. The van der Waals surface area contributed by atoms with E-state index in [4.69, 9.17) is 11.6 Å². The van der Waals surface area contributed by atoms with Gasteiger partial charge in [-0.05, 0) is 37.1 Å². The van der Waals surface area contributed by atoms with Crippen LogP contribution in [0.15, 0.2) is 35.0 Å². The standard InChI is InChI=1S/C16H16ClN3O5/c17-10-5-6-11-13(15(23)20(11)14(10)16(24)25)19-12(22)7-18-8-1-3-9(21)4-2-8/h1-4,11,13,18,21H,5-7H2,(H,19,22)(H,24,25)/t11?,13-/m1/s1. The second kappa shape index (κ2) is 6.64. The highest BCUT2D eigenvalue weighted by atomic mass is 35.5. The molecule has 2 amide bonds. The SMILES string of the molecule is O=C(CNc1ccc(O)cc1)N[C@H]1C(=O)N2C(C(=O)O)=C(Cl)CCC12. The summed E-state index contributed by atoms with van der Waals surface area (Å²) in [4.78, 5) is 36.7. The van der Waals surface area contributed by atoms with E-state index in [0.29, 0.717) is 18.5 Å². The molecule has 1 unspecified atom stereocenters. The van der Waals surface area contributed by atoms with Gasteiger partial charge in [-0.15, -0.1) is 0 Å². The van der Waals surface area contributed by atoms with Crippen molar-refractivity contribution in [2.75, 3.05) is 11.9 Å². The summed E-state index contributed by atoms with van der Waals surface area (Å²) in [6.45, 7) is -0.0519. The molecule has 132 valence electrons. The zero-order chi connectivity index (χ0) is 18.1. The number of carbonyl (C=O) groups excluding carboxylic acids is 2. The number of β-lactam (4-membered cyclic amide) rings is 1. The molecule has 3 rings (SSSR count). The van der Waals surface area contributed by atoms with E-state index in [2.05, 4.69) is 10.6 Å². The van der Waals surface area contributed by atoms with Gasteiger partial charge in [-0.1, -0.05) is 11.6 Å². The van der Waals surface area contributed by atoms with E-state index in [1.807, 2.05) is 0 Å². The average molecular weight is 366 g/mol. The number of carboxylic acid groups (broad SMARTS) is 1. The Morgan fingerprint density at radius 3 is 2.60 bits per heavy atom. The number of fused-ring (bicyclic) bond motifs is 1. The lowest BCUT2D eigenvalue weighted by Crippen LogP contribution is -2.71. The molecule has 25 heavy (non-hydrogen) atoms. The Hall–Kier alpha value is -2.74. The van der Waals surface area contributed by atoms with Crippen molar-refractivity contribution in [2.45, 2.75) is 24.9 Å². The van der Waals surface area contributed by atoms with Gasteiger partial charge in [0.05, 0.1) is 12.6 Å². The molecule has 0 radical (unpaired) electrons. The number of nitrogens with zero attached hydrogens (tertiary/aromatic N) is 1. The number of aliphatic carboxylic acids is 1. The molecular formula is C16H16ClN3O5. The van der Waals surface area contributed by atoms with Gasteiger partial charge in [0.25, 0.3) is 5.91 Å². The highest BCUT2D eigenvalue weighted by Crippen LogP contribution is 2.37. The smallest absolute Gasteiger partial charge is 0.353 e. The summed E-state index contributed by atoms with van der Waals surface area (Å²) in [5.74, 6) is -1.99. The topological polar surface area (TPSA) is 119 Å². The number of allylic oxidation sites excluding steroid dienone is 1. The number of phenolic OH excluding ortho intramolecular Hbond substituents is 1. The van der Waals surface area contributed by atoms with Crippen molar-refractivity contribution >= 4 is 35.1 Å². The molecule has 2 aliphatic rings. The summed E-state index contributed by atoms with van der Waals surface area (Å²) in [7, 11) is 0. The van der Waals surface area contributed by atoms with E-state index < -0.39 is 24.0 Å². The summed E-state index contributed by atoms with van der Waals surface area (Å²) in [5, 5.41) is 24.0. The first-order chi connectivity index (χ1) is 11.9. The van der Waals surface area contributed by atoms with Crippen molar-refractivity contribution in [2.24, 2.45) is 0 Å². The molecule has 0 aromatic heterocycles. The van der Waals surface area contributed by atoms with Crippen molar-refractivity contribution in [3.05, 3.63) is 35.0 Å². The minimum Gasteiger partial charge on any atom is -0.508 e. The molecule has 8 nitrogen and oxygen atoms in total. The second-order valence-corrected chi connectivity index (χ2v) is 6.27. The van der Waals surface area contributed by atoms with Crippen LogP contribution in [0.2, 0.25) is 0 Å². The first-order valence-corrected chi connectivity index (χ1v) is 8.03. The summed E-state index contributed by atoms with van der Waals surface area (Å²) >= 11 is 5.91. The lowest BCUT2D eigenvalue weighted by molar-refractivity contribution is -0.155. The molecule has 1 aromatic rings. The summed E-state index contributed by atoms with van der Waals surface area (Å²) in [6, 6.07) is 5.07. The Balaban J connectivity index is 1.58. The second-order valence-electron chi connectivity index (χ2n) is 5.82. The van der Waals surface area contributed by atoms with Crippen LogP contribution in [-0.4, -0.2) is 51.5 Å². The zero-order valence-corrected chi connectivity index (χ0v) is 13.8. The Labute approximate surface area is 148 Å². The molecule has 2 atom stereocenters. The summed E-state index contributed by atoms with van der Waals surface area (Å²) in [6.07, 6.45) is 0.855. The van der Waals surface area contributed by atoms with Crippen LogP contribution in [0.1, 0.15) is 12.8 Å². The molecule has 1 fully saturated rings. The third kappa shape index (κ3) is 3.25. The predicted octanol–water partition coefficient (Wildman–Crippen LogP) is 0.829. The highest BCUT2D eigenvalue weighted by Gasteiger charge is 2.53. The first-order valence-electron chi connectivity index (χ1n) is 7.65. The zero-order valence-electron chi connectivity index (χ0n) is 13.0. The summed E-state index contributed by atoms with van der Waals surface area (Å²) in [5.41, 5.74) is 0.450. The molecular weight excluding hydrogens is 350 g/mol. The lowest BCUT2D eigenvalue weighted by Gasteiger charge is -2.49. The Morgan fingerprint density at radius 2 is 1.96 bits per heavy atom. The molecule has 0 saturated carbocycles. The number of rotatable bonds is 5. The number of carboxylic acids is 1. The van der Waals surface area contributed by atoms with Gasteiger partial charge in [0.1, 0.15) is 17.5 Å². The van der Waals surface area contributed by atoms with Crippen molar-refractivity contribution in [3.8, 4) is 5.75 Å². The van der Waals surface area contributed by atoms with Gasteiger partial charge < -0.3 is 20.8 Å². The molecule has 4 N–H and O–H groups in total. The van der Waals surface area contributed by atoms with E-state index in [-0.39, 0.29) is 28.9 Å². The van der Waals surface area contributed by atoms with Gasteiger partial charge in [0.2, 0.25) is 5.91 Å². The number of aromatic hydroxyl groups is 1. The van der Waals surface area contributed by atoms with Crippen LogP contribution in [0.25, 0.3) is 0 Å². The Bertz CT molecular complexity index is 762. The molecule has 1 aromatic carbocycles. The number of phenols is 1. The molecule has 2 heterocycles. The number of anilines is 1. The molecule has 9 heteroatoms. The number of halogens is 1. The minimum atomic E-state index is -1.25. The minimum absolute atomic E-state index is 0.0519. The van der Waals surface area contributed by atoms with E-state index in [9.17, 15) is 24.6 Å². The van der Waals surface area contributed by atoms with Gasteiger partial charge in [-0.2, -0.15) is 0 Å². The normalized spacial score (nSPS) is 22.1. The summed E-state index contributed by atoms with van der Waals surface area (Å²) < 4.78 is 0. The van der Waals surface area contributed by atoms with Crippen LogP contribution in [0.4, 0.5) is 5.69 Å². The van der Waals surface area contributed by atoms with Gasteiger partial charge in [0.15, 0.2) is 0 Å². The molecule has 2 aliphatic heterocycles. The van der Waals surface area contributed by atoms with Crippen LogP contribution in [-0.2, 0) is 14.4 Å². The van der Waals surface area contributed by atoms with Gasteiger partial charge in [-0.3, -0.25) is 14.5 Å². The van der Waals surface area contributed by atoms with Gasteiger partial charge in [0, 0.05) is 10.7 Å². The van der Waals surface area contributed by atoms with Crippen molar-refractivity contribution in [1.82, 2.24) is 10.2 Å². The third-order valence-electron chi connectivity index (χ3n) is 4.22. The fourth-order valence-corrected chi connectivity index (χ4v) is 3.28. The number of carbonyl (C=O) groups is 3. The molecule has 0 spiro atoms. The van der Waals surface area contributed by atoms with E-state index >= 15 is 0 Å². The molecule has 1 saturated heterocycles. The van der Waals surface area contributed by atoms with Crippen LogP contribution in [0.5, 0.6) is 5.75 Å². The van der Waals surface area contributed by atoms with E-state index in [0.717, 1.165) is 4.90 Å². The van der Waals surface area contributed by atoms with E-state index in [1.165, 1.54) is 12.1 Å². The fourth-order valence-electron chi connectivity index (χ4n) is 3.00. The number of hydrogen-bond acceptors (Lipinski definition) is 5. The maximum atomic E-state index is 12.2. The largest absolute Gasteiger partial charge is 0.508 e. The predicted molar refractivity (Wildman–Crippen MR) is 88.9 cm³/mol. The van der Waals surface area contributed by atoms with Gasteiger partial charge >= 0.3 is 5.97 Å². The van der Waals surface area contributed by atoms with Crippen LogP contribution >= 0.6 is 11.6 Å². The van der Waals surface area contributed by atoms with Crippen LogP contribution < -0.4 is 10.6 Å². The molecule has 0 bridgehead atoms. The van der Waals surface area contributed by atoms with Crippen LogP contribution in [0.3, 0.4) is 0 Å². The number of hydrogen-bond donors (Lipinski definition) is 4. The molecule has 0 aliphatic carbocycles. The Kier molecular flexibility index (Phi) is 4.54. The fraction of sp³-hybridized carbons (Fsp3) is 0.312. The quantitative estimate of drug-likeness (QED) is 0.453. The van der Waals surface area contributed by atoms with E-state index in [1.54, 1.807) is 12.1 Å². The van der Waals surface area contributed by atoms with Crippen molar-refractivity contribution < 1.29 is 24.6 Å². The van der Waals surface area contributed by atoms with Crippen molar-refractivity contribution in [1.29, 1.82) is 0 Å². The highest BCUT2D eigenvalue weighted by molar-refractivity contribution is 6.32. The number of nitrogens with one attached hydrogen (secondary N) is 2. The number of benzene rings is 1. The van der Waals surface area contributed by atoms with Crippen LogP contribution in [0, 0.1) is 0 Å². The first kappa shape index (κ1) is 17.1. The maximum Gasteiger partial charge on any atom is 0.353 e. The monoisotopic (exact) mass is 365 g/mol. The third-order valence-corrected chi connectivity index (χ3v) is 4.58.